The zero-order valence-electron chi connectivity index (χ0n) is 25.2. The van der Waals surface area contributed by atoms with Gasteiger partial charge in [-0.3, -0.25) is 4.40 Å². The van der Waals surface area contributed by atoms with Crippen LogP contribution in [0.2, 0.25) is 0 Å². The summed E-state index contributed by atoms with van der Waals surface area (Å²) < 4.78 is 2.20. The summed E-state index contributed by atoms with van der Waals surface area (Å²) in [7, 11) is 0. The quantitative estimate of drug-likeness (QED) is 0.193. The smallest absolute Gasteiger partial charge is 0.149 e. The summed E-state index contributed by atoms with van der Waals surface area (Å²) in [6.45, 7) is 2.14. The van der Waals surface area contributed by atoms with E-state index in [0.29, 0.717) is 0 Å². The van der Waals surface area contributed by atoms with E-state index in [1.807, 2.05) is 12.1 Å². The largest absolute Gasteiger partial charge is 0.276 e. The van der Waals surface area contributed by atoms with E-state index in [2.05, 4.69) is 145 Å². The van der Waals surface area contributed by atoms with Crippen LogP contribution in [0.15, 0.2) is 146 Å². The van der Waals surface area contributed by atoms with E-state index in [0.717, 1.165) is 39.0 Å². The normalized spacial score (nSPS) is 12.0. The molecule has 10 rings (SSSR count). The summed E-state index contributed by atoms with van der Waals surface area (Å²) in [5.74, 6) is 0.896. The van der Waals surface area contributed by atoms with Gasteiger partial charge in [0, 0.05) is 10.9 Å². The molecule has 0 aliphatic rings. The van der Waals surface area contributed by atoms with Gasteiger partial charge in [-0.05, 0) is 85.8 Å². The van der Waals surface area contributed by atoms with Crippen LogP contribution in [0.3, 0.4) is 0 Å². The molecule has 0 saturated heterocycles. The summed E-state index contributed by atoms with van der Waals surface area (Å²) in [5.41, 5.74) is 11.2. The number of hydrogen-bond acceptors (Lipinski definition) is 2. The molecule has 2 aromatic heterocycles. The van der Waals surface area contributed by atoms with Crippen molar-refractivity contribution in [3.05, 3.63) is 151 Å². The minimum Gasteiger partial charge on any atom is -0.276 e. The Morgan fingerprint density at radius 1 is 0.435 bits per heavy atom. The highest BCUT2D eigenvalue weighted by Gasteiger charge is 2.17. The zero-order chi connectivity index (χ0) is 30.4. The van der Waals surface area contributed by atoms with E-state index in [1.54, 1.807) is 0 Å². The van der Waals surface area contributed by atoms with Crippen molar-refractivity contribution < 1.29 is 0 Å². The Balaban J connectivity index is 1.16. The zero-order valence-corrected chi connectivity index (χ0v) is 25.2. The van der Waals surface area contributed by atoms with Crippen LogP contribution >= 0.6 is 0 Å². The maximum atomic E-state index is 5.16. The molecule has 0 spiro atoms. The Labute approximate surface area is 265 Å². The van der Waals surface area contributed by atoms with E-state index >= 15 is 0 Å². The van der Waals surface area contributed by atoms with Crippen LogP contribution in [-0.4, -0.2) is 14.4 Å². The van der Waals surface area contributed by atoms with Gasteiger partial charge in [-0.2, -0.15) is 0 Å². The molecule has 3 heteroatoms. The molecule has 0 aliphatic heterocycles. The summed E-state index contributed by atoms with van der Waals surface area (Å²) in [6.07, 6.45) is 0. The van der Waals surface area contributed by atoms with Crippen LogP contribution in [0.4, 0.5) is 0 Å². The highest BCUT2D eigenvalue weighted by atomic mass is 15.1. The highest BCUT2D eigenvalue weighted by molar-refractivity contribution is 6.27. The predicted octanol–water partition coefficient (Wildman–Crippen LogP) is 11.2. The average molecular weight is 586 g/mol. The summed E-state index contributed by atoms with van der Waals surface area (Å²) >= 11 is 0. The second-order valence-corrected chi connectivity index (χ2v) is 12.3. The summed E-state index contributed by atoms with van der Waals surface area (Å²) in [5, 5.41) is 8.83. The van der Waals surface area contributed by atoms with Crippen molar-refractivity contribution in [3.8, 4) is 33.6 Å². The molecule has 46 heavy (non-hydrogen) atoms. The standard InChI is InChI=1S/C43H27N3/c1-26-10-12-27(13-11-26)32-22-18-29-21-25-35-33(23-19-30-20-24-34(32)40(29)41(30)35)28-14-16-31(17-15-28)42-44-37-7-3-2-6-36(37)43-45-38-8-4-5-9-39(38)46(42)43/h2-25H,1H3. The lowest BCUT2D eigenvalue weighted by molar-refractivity contribution is 1.16. The fourth-order valence-corrected chi connectivity index (χ4v) is 7.38. The molecule has 0 atom stereocenters. The highest BCUT2D eigenvalue weighted by Crippen LogP contribution is 2.42. The van der Waals surface area contributed by atoms with Gasteiger partial charge >= 0.3 is 0 Å². The summed E-state index contributed by atoms with van der Waals surface area (Å²) in [4.78, 5) is 10.2. The van der Waals surface area contributed by atoms with Gasteiger partial charge in [-0.25, -0.2) is 9.97 Å². The molecule has 214 valence electrons. The van der Waals surface area contributed by atoms with Crippen LogP contribution in [-0.2, 0) is 0 Å². The minimum atomic E-state index is 0.896. The van der Waals surface area contributed by atoms with E-state index in [1.165, 1.54) is 60.1 Å². The first-order valence-corrected chi connectivity index (χ1v) is 15.8. The molecule has 0 fully saturated rings. The molecule has 0 amide bonds. The summed E-state index contributed by atoms with van der Waals surface area (Å²) in [6, 6.07) is 52.6. The fourth-order valence-electron chi connectivity index (χ4n) is 7.38. The molecule has 2 heterocycles. The Bertz CT molecular complexity index is 2790. The van der Waals surface area contributed by atoms with Gasteiger partial charge in [0.15, 0.2) is 0 Å². The Morgan fingerprint density at radius 3 is 1.65 bits per heavy atom. The molecule has 3 nitrogen and oxygen atoms in total. The van der Waals surface area contributed by atoms with Crippen molar-refractivity contribution in [2.45, 2.75) is 6.92 Å². The van der Waals surface area contributed by atoms with Crippen LogP contribution in [0.25, 0.3) is 93.5 Å². The number of imidazole rings is 1. The van der Waals surface area contributed by atoms with Gasteiger partial charge in [0.2, 0.25) is 0 Å². The van der Waals surface area contributed by atoms with Crippen molar-refractivity contribution in [3.63, 3.8) is 0 Å². The van der Waals surface area contributed by atoms with Crippen molar-refractivity contribution >= 4 is 59.9 Å². The maximum absolute atomic E-state index is 5.16. The molecule has 0 aliphatic carbocycles. The molecule has 0 bridgehead atoms. The first-order chi connectivity index (χ1) is 22.7. The number of fused-ring (bicyclic) bond motifs is 5. The Morgan fingerprint density at radius 2 is 0.978 bits per heavy atom. The van der Waals surface area contributed by atoms with Gasteiger partial charge < -0.3 is 0 Å². The lowest BCUT2D eigenvalue weighted by Gasteiger charge is -2.17. The van der Waals surface area contributed by atoms with Crippen molar-refractivity contribution in [1.29, 1.82) is 0 Å². The van der Waals surface area contributed by atoms with Crippen molar-refractivity contribution in [2.24, 2.45) is 0 Å². The number of aryl methyl sites for hydroxylation is 1. The molecule has 10 aromatic rings. The van der Waals surface area contributed by atoms with Crippen LogP contribution < -0.4 is 0 Å². The number of hydrogen-bond donors (Lipinski definition) is 0. The lowest BCUT2D eigenvalue weighted by Crippen LogP contribution is -1.98. The number of aromatic nitrogens is 3. The number of nitrogens with zero attached hydrogens (tertiary/aromatic N) is 3. The molecular weight excluding hydrogens is 558 g/mol. The van der Waals surface area contributed by atoms with Gasteiger partial charge in [0.05, 0.1) is 16.6 Å². The molecule has 0 N–H and O–H groups in total. The average Bonchev–Trinajstić information content (AvgIpc) is 3.51. The third kappa shape index (κ3) is 3.60. The molecule has 8 aromatic carbocycles. The third-order valence-electron chi connectivity index (χ3n) is 9.63. The molecule has 0 saturated carbocycles. The predicted molar refractivity (Wildman–Crippen MR) is 193 cm³/mol. The second kappa shape index (κ2) is 9.47. The van der Waals surface area contributed by atoms with Gasteiger partial charge in [-0.1, -0.05) is 127 Å². The fraction of sp³-hybridized carbons (Fsp3) is 0.0233. The molecule has 0 unspecified atom stereocenters. The van der Waals surface area contributed by atoms with Crippen molar-refractivity contribution in [1.82, 2.24) is 14.4 Å². The van der Waals surface area contributed by atoms with Gasteiger partial charge in [0.25, 0.3) is 0 Å². The van der Waals surface area contributed by atoms with Gasteiger partial charge in [-0.15, -0.1) is 0 Å². The number of para-hydroxylation sites is 3. The van der Waals surface area contributed by atoms with Crippen LogP contribution in [0, 0.1) is 6.92 Å². The first-order valence-electron chi connectivity index (χ1n) is 15.8. The van der Waals surface area contributed by atoms with Crippen LogP contribution in [0.1, 0.15) is 5.56 Å². The first kappa shape index (κ1) is 25.3. The topological polar surface area (TPSA) is 30.2 Å². The maximum Gasteiger partial charge on any atom is 0.149 e. The van der Waals surface area contributed by atoms with Crippen molar-refractivity contribution in [2.75, 3.05) is 0 Å². The van der Waals surface area contributed by atoms with E-state index in [-0.39, 0.29) is 0 Å². The van der Waals surface area contributed by atoms with E-state index < -0.39 is 0 Å². The van der Waals surface area contributed by atoms with E-state index in [4.69, 9.17) is 9.97 Å². The Hall–Kier alpha value is -6.06. The van der Waals surface area contributed by atoms with Crippen LogP contribution in [0.5, 0.6) is 0 Å². The Kier molecular flexibility index (Phi) is 5.20. The minimum absolute atomic E-state index is 0.896. The lowest BCUT2D eigenvalue weighted by atomic mass is 9.87. The van der Waals surface area contributed by atoms with E-state index in [9.17, 15) is 0 Å². The monoisotopic (exact) mass is 585 g/mol. The molecular formula is C43H27N3. The second-order valence-electron chi connectivity index (χ2n) is 12.3. The van der Waals surface area contributed by atoms with Gasteiger partial charge in [0.1, 0.15) is 11.5 Å². The third-order valence-corrected chi connectivity index (χ3v) is 9.63. The number of rotatable bonds is 3. The SMILES string of the molecule is Cc1ccc(-c2ccc3ccc4c(-c5ccc(-c6nc7ccccc7c7nc8ccccc8n67)cc5)ccc5ccc2c3c54)cc1. The molecule has 0 radical (unpaired) electrons. The number of benzene rings is 8.